The molecular formula is C30H39N7O. The van der Waals surface area contributed by atoms with Crippen LogP contribution >= 0.6 is 0 Å². The summed E-state index contributed by atoms with van der Waals surface area (Å²) >= 11 is 0. The van der Waals surface area contributed by atoms with Crippen LogP contribution in [-0.2, 0) is 19.5 Å². The summed E-state index contributed by atoms with van der Waals surface area (Å²) in [5, 5.41) is 19.4. The average molecular weight is 514 g/mol. The smallest absolute Gasteiger partial charge is 0.274 e. The number of unbranched alkanes of at least 4 members (excludes halogenated alkanes) is 3. The highest BCUT2D eigenvalue weighted by Crippen LogP contribution is 2.30. The SMILES string of the molecule is CCCCCCc1nn(CCC2CCCCC2)c(=O)n1Cc1ccc(-c2ccccc2-c2nn[nH]n2)cc1. The first-order valence-electron chi connectivity index (χ1n) is 14.3. The molecule has 2 aromatic carbocycles. The first-order valence-corrected chi connectivity index (χ1v) is 14.3. The molecule has 8 nitrogen and oxygen atoms in total. The highest BCUT2D eigenvalue weighted by atomic mass is 16.2. The molecule has 1 N–H and O–H groups in total. The number of aromatic nitrogens is 7. The molecule has 1 fully saturated rings. The maximum Gasteiger partial charge on any atom is 0.346 e. The van der Waals surface area contributed by atoms with Gasteiger partial charge in [-0.15, -0.1) is 10.2 Å². The number of hydrogen-bond donors (Lipinski definition) is 1. The van der Waals surface area contributed by atoms with Gasteiger partial charge in [0.05, 0.1) is 6.54 Å². The molecule has 0 radical (unpaired) electrons. The highest BCUT2D eigenvalue weighted by molar-refractivity contribution is 5.80. The molecule has 2 aromatic heterocycles. The quantitative estimate of drug-likeness (QED) is 0.233. The Morgan fingerprint density at radius 2 is 1.74 bits per heavy atom. The van der Waals surface area contributed by atoms with Crippen molar-refractivity contribution < 1.29 is 0 Å². The molecule has 0 bridgehead atoms. The van der Waals surface area contributed by atoms with E-state index in [0.717, 1.165) is 59.8 Å². The van der Waals surface area contributed by atoms with Crippen LogP contribution in [-0.4, -0.2) is 35.0 Å². The third-order valence-corrected chi connectivity index (χ3v) is 7.85. The number of nitrogens with one attached hydrogen (secondary N) is 1. The Labute approximate surface area is 224 Å². The first-order chi connectivity index (χ1) is 18.7. The number of hydrogen-bond acceptors (Lipinski definition) is 5. The number of rotatable bonds is 12. The van der Waals surface area contributed by atoms with E-state index < -0.39 is 0 Å². The van der Waals surface area contributed by atoms with Crippen LogP contribution in [0.15, 0.2) is 53.3 Å². The predicted octanol–water partition coefficient (Wildman–Crippen LogP) is 6.03. The molecule has 1 saturated carbocycles. The van der Waals surface area contributed by atoms with Gasteiger partial charge < -0.3 is 0 Å². The average Bonchev–Trinajstić information content (AvgIpc) is 3.60. The summed E-state index contributed by atoms with van der Waals surface area (Å²) < 4.78 is 3.63. The van der Waals surface area contributed by atoms with Crippen molar-refractivity contribution in [1.82, 2.24) is 35.0 Å². The van der Waals surface area contributed by atoms with Crippen LogP contribution in [0.2, 0.25) is 0 Å². The maximum absolute atomic E-state index is 13.5. The van der Waals surface area contributed by atoms with E-state index in [-0.39, 0.29) is 5.69 Å². The lowest BCUT2D eigenvalue weighted by atomic mass is 9.87. The summed E-state index contributed by atoms with van der Waals surface area (Å²) in [7, 11) is 0. The second kappa shape index (κ2) is 12.8. The van der Waals surface area contributed by atoms with Crippen molar-refractivity contribution in [3.05, 3.63) is 70.4 Å². The van der Waals surface area contributed by atoms with Crippen LogP contribution in [0.5, 0.6) is 0 Å². The largest absolute Gasteiger partial charge is 0.346 e. The molecule has 8 heteroatoms. The lowest BCUT2D eigenvalue weighted by Crippen LogP contribution is -2.27. The normalized spacial score (nSPS) is 14.2. The van der Waals surface area contributed by atoms with Gasteiger partial charge in [-0.1, -0.05) is 107 Å². The molecule has 5 rings (SSSR count). The van der Waals surface area contributed by atoms with E-state index >= 15 is 0 Å². The fraction of sp³-hybridized carbons (Fsp3) is 0.500. The van der Waals surface area contributed by atoms with E-state index in [2.05, 4.69) is 57.9 Å². The third kappa shape index (κ3) is 6.29. The number of benzene rings is 2. The summed E-state index contributed by atoms with van der Waals surface area (Å²) in [6.07, 6.45) is 13.2. The van der Waals surface area contributed by atoms with Crippen LogP contribution in [0, 0.1) is 5.92 Å². The predicted molar refractivity (Wildman–Crippen MR) is 150 cm³/mol. The summed E-state index contributed by atoms with van der Waals surface area (Å²) in [5.74, 6) is 2.22. The van der Waals surface area contributed by atoms with Crippen LogP contribution in [0.3, 0.4) is 0 Å². The molecule has 38 heavy (non-hydrogen) atoms. The van der Waals surface area contributed by atoms with E-state index in [1.54, 1.807) is 4.68 Å². The Morgan fingerprint density at radius 3 is 2.47 bits per heavy atom. The Hall–Kier alpha value is -3.55. The molecule has 0 atom stereocenters. The lowest BCUT2D eigenvalue weighted by Gasteiger charge is -2.20. The topological polar surface area (TPSA) is 94.3 Å². The number of aryl methyl sites for hydroxylation is 2. The van der Waals surface area contributed by atoms with Crippen LogP contribution in [0.4, 0.5) is 0 Å². The molecule has 0 saturated heterocycles. The number of nitrogens with zero attached hydrogens (tertiary/aromatic N) is 6. The summed E-state index contributed by atoms with van der Waals surface area (Å²) in [6.45, 7) is 3.49. The first kappa shape index (κ1) is 26.1. The minimum absolute atomic E-state index is 0.0258. The van der Waals surface area contributed by atoms with E-state index in [1.807, 2.05) is 22.8 Å². The summed E-state index contributed by atoms with van der Waals surface area (Å²) in [6, 6.07) is 16.5. The zero-order valence-electron chi connectivity index (χ0n) is 22.5. The molecular weight excluding hydrogens is 474 g/mol. The Kier molecular flexibility index (Phi) is 8.78. The van der Waals surface area contributed by atoms with Crippen LogP contribution < -0.4 is 5.69 Å². The van der Waals surface area contributed by atoms with E-state index in [1.165, 1.54) is 51.4 Å². The van der Waals surface area contributed by atoms with Gasteiger partial charge in [-0.2, -0.15) is 10.3 Å². The molecule has 200 valence electrons. The molecule has 2 heterocycles. The van der Waals surface area contributed by atoms with Crippen molar-refractivity contribution in [3.63, 3.8) is 0 Å². The molecule has 0 spiro atoms. The molecule has 0 amide bonds. The van der Waals surface area contributed by atoms with Gasteiger partial charge >= 0.3 is 5.69 Å². The fourth-order valence-electron chi connectivity index (χ4n) is 5.64. The van der Waals surface area contributed by atoms with Gasteiger partial charge in [-0.05, 0) is 40.7 Å². The second-order valence-electron chi connectivity index (χ2n) is 10.6. The van der Waals surface area contributed by atoms with Crippen molar-refractivity contribution in [1.29, 1.82) is 0 Å². The van der Waals surface area contributed by atoms with Crippen LogP contribution in [0.1, 0.15) is 82.5 Å². The van der Waals surface area contributed by atoms with Crippen molar-refractivity contribution >= 4 is 0 Å². The van der Waals surface area contributed by atoms with Gasteiger partial charge in [0.25, 0.3) is 0 Å². The summed E-state index contributed by atoms with van der Waals surface area (Å²) in [5.41, 5.74) is 4.17. The maximum atomic E-state index is 13.5. The third-order valence-electron chi connectivity index (χ3n) is 7.85. The van der Waals surface area contributed by atoms with Gasteiger partial charge in [0.2, 0.25) is 5.82 Å². The molecule has 4 aromatic rings. The van der Waals surface area contributed by atoms with Gasteiger partial charge in [-0.25, -0.2) is 9.48 Å². The van der Waals surface area contributed by atoms with E-state index in [9.17, 15) is 4.79 Å². The molecule has 0 unspecified atom stereocenters. The Morgan fingerprint density at radius 1 is 0.947 bits per heavy atom. The number of aromatic amines is 1. The van der Waals surface area contributed by atoms with E-state index in [0.29, 0.717) is 12.4 Å². The Bertz CT molecular complexity index is 1330. The van der Waals surface area contributed by atoms with Crippen molar-refractivity contribution in [2.24, 2.45) is 5.92 Å². The lowest BCUT2D eigenvalue weighted by molar-refractivity contribution is 0.316. The number of H-pyrrole nitrogens is 1. The van der Waals surface area contributed by atoms with Gasteiger partial charge in [0.15, 0.2) is 0 Å². The molecule has 1 aliphatic rings. The van der Waals surface area contributed by atoms with Crippen molar-refractivity contribution in [2.75, 3.05) is 0 Å². The van der Waals surface area contributed by atoms with Crippen LogP contribution in [0.25, 0.3) is 22.5 Å². The van der Waals surface area contributed by atoms with E-state index in [4.69, 9.17) is 5.10 Å². The van der Waals surface area contributed by atoms with Gasteiger partial charge in [0.1, 0.15) is 5.82 Å². The molecule has 0 aliphatic heterocycles. The van der Waals surface area contributed by atoms with Crippen molar-refractivity contribution in [2.45, 2.75) is 90.6 Å². The van der Waals surface area contributed by atoms with Gasteiger partial charge in [0, 0.05) is 18.5 Å². The molecule has 1 aliphatic carbocycles. The zero-order valence-corrected chi connectivity index (χ0v) is 22.5. The minimum Gasteiger partial charge on any atom is -0.274 e. The summed E-state index contributed by atoms with van der Waals surface area (Å²) in [4.78, 5) is 13.5. The van der Waals surface area contributed by atoms with Gasteiger partial charge in [-0.3, -0.25) is 4.57 Å². The highest BCUT2D eigenvalue weighted by Gasteiger charge is 2.18. The standard InChI is InChI=1S/C30H39N7O/c1-2-3-4-8-15-28-33-37(21-20-23-11-6-5-7-12-23)30(38)36(28)22-24-16-18-25(19-17-24)26-13-9-10-14-27(26)29-31-34-35-32-29/h9-10,13-14,16-19,23H,2-8,11-12,15,20-22H2,1H3,(H,31,32,34,35). The van der Waals surface area contributed by atoms with Crippen molar-refractivity contribution in [3.8, 4) is 22.5 Å². The minimum atomic E-state index is 0.0258. The number of tetrazole rings is 1. The Balaban J connectivity index is 1.34. The monoisotopic (exact) mass is 513 g/mol. The fourth-order valence-corrected chi connectivity index (χ4v) is 5.64. The zero-order chi connectivity index (χ0) is 26.2. The second-order valence-corrected chi connectivity index (χ2v) is 10.6.